The van der Waals surface area contributed by atoms with Gasteiger partial charge in [-0.05, 0) is 12.0 Å². The molecule has 0 atom stereocenters. The number of alkyl halides is 3. The van der Waals surface area contributed by atoms with Crippen molar-refractivity contribution < 1.29 is 22.7 Å². The van der Waals surface area contributed by atoms with E-state index in [2.05, 4.69) is 20.4 Å². The molecule has 0 aliphatic rings. The number of nitrogens with one attached hydrogen (secondary N) is 2. The van der Waals surface area contributed by atoms with Crippen LogP contribution in [0.2, 0.25) is 0 Å². The second-order valence-electron chi connectivity index (χ2n) is 4.52. The molecular formula is C12H16F3N3O2. The molecule has 0 fully saturated rings. The average molecular weight is 291 g/mol. The molecule has 20 heavy (non-hydrogen) atoms. The SMILES string of the molecule is CC(C)CNC(=O)Nc1ccc(OCC(F)(F)F)nc1. The first-order valence-electron chi connectivity index (χ1n) is 5.97. The smallest absolute Gasteiger partial charge is 0.422 e. The van der Waals surface area contributed by atoms with Gasteiger partial charge in [0.1, 0.15) is 0 Å². The van der Waals surface area contributed by atoms with Crippen LogP contribution < -0.4 is 15.4 Å². The summed E-state index contributed by atoms with van der Waals surface area (Å²) < 4.78 is 40.2. The molecule has 1 rings (SSSR count). The van der Waals surface area contributed by atoms with Gasteiger partial charge < -0.3 is 15.4 Å². The first-order valence-corrected chi connectivity index (χ1v) is 5.97. The number of rotatable bonds is 5. The molecule has 2 N–H and O–H groups in total. The van der Waals surface area contributed by atoms with Crippen molar-refractivity contribution in [3.05, 3.63) is 18.3 Å². The third-order valence-electron chi connectivity index (χ3n) is 2.05. The fourth-order valence-electron chi connectivity index (χ4n) is 1.17. The number of halogens is 3. The highest BCUT2D eigenvalue weighted by atomic mass is 19.4. The van der Waals surface area contributed by atoms with Gasteiger partial charge in [0.05, 0.1) is 11.9 Å². The third-order valence-corrected chi connectivity index (χ3v) is 2.05. The quantitative estimate of drug-likeness (QED) is 0.877. The van der Waals surface area contributed by atoms with Crippen LogP contribution in [0.1, 0.15) is 13.8 Å². The van der Waals surface area contributed by atoms with Crippen molar-refractivity contribution in [2.45, 2.75) is 20.0 Å². The predicted molar refractivity (Wildman–Crippen MR) is 67.6 cm³/mol. The molecule has 1 aromatic heterocycles. The number of nitrogens with zero attached hydrogens (tertiary/aromatic N) is 1. The van der Waals surface area contributed by atoms with E-state index in [0.29, 0.717) is 18.2 Å². The highest BCUT2D eigenvalue weighted by Crippen LogP contribution is 2.17. The highest BCUT2D eigenvalue weighted by Gasteiger charge is 2.28. The minimum Gasteiger partial charge on any atom is -0.468 e. The Kier molecular flexibility index (Phi) is 5.60. The summed E-state index contributed by atoms with van der Waals surface area (Å²) in [4.78, 5) is 15.1. The second-order valence-corrected chi connectivity index (χ2v) is 4.52. The molecule has 1 heterocycles. The third kappa shape index (κ3) is 6.81. The first kappa shape index (κ1) is 16.1. The summed E-state index contributed by atoms with van der Waals surface area (Å²) in [5, 5.41) is 5.14. The van der Waals surface area contributed by atoms with Gasteiger partial charge in [-0.3, -0.25) is 0 Å². The summed E-state index contributed by atoms with van der Waals surface area (Å²) >= 11 is 0. The number of carbonyl (C=O) groups is 1. The van der Waals surface area contributed by atoms with Gasteiger partial charge in [0.2, 0.25) is 5.88 Å². The van der Waals surface area contributed by atoms with Crippen LogP contribution in [0.3, 0.4) is 0 Å². The van der Waals surface area contributed by atoms with Crippen molar-refractivity contribution in [1.29, 1.82) is 0 Å². The number of amides is 2. The molecule has 0 aliphatic carbocycles. The van der Waals surface area contributed by atoms with E-state index in [9.17, 15) is 18.0 Å². The van der Waals surface area contributed by atoms with E-state index in [0.717, 1.165) is 0 Å². The molecular weight excluding hydrogens is 275 g/mol. The fraction of sp³-hybridized carbons (Fsp3) is 0.500. The molecule has 0 saturated carbocycles. The number of pyridine rings is 1. The Balaban J connectivity index is 2.44. The van der Waals surface area contributed by atoms with E-state index in [1.807, 2.05) is 13.8 Å². The number of anilines is 1. The minimum atomic E-state index is -4.41. The van der Waals surface area contributed by atoms with E-state index >= 15 is 0 Å². The molecule has 1 aromatic rings. The van der Waals surface area contributed by atoms with Crippen LogP contribution in [0.4, 0.5) is 23.7 Å². The van der Waals surface area contributed by atoms with Crippen molar-refractivity contribution in [2.75, 3.05) is 18.5 Å². The topological polar surface area (TPSA) is 63.2 Å². The number of ether oxygens (including phenoxy) is 1. The minimum absolute atomic E-state index is 0.157. The number of aromatic nitrogens is 1. The lowest BCUT2D eigenvalue weighted by molar-refractivity contribution is -0.154. The summed E-state index contributed by atoms with van der Waals surface area (Å²) in [5.74, 6) is 0.160. The standard InChI is InChI=1S/C12H16F3N3O2/c1-8(2)5-17-11(19)18-9-3-4-10(16-6-9)20-7-12(13,14)15/h3-4,6,8H,5,7H2,1-2H3,(H2,17,18,19). The summed E-state index contributed by atoms with van der Waals surface area (Å²) in [6, 6.07) is 2.27. The van der Waals surface area contributed by atoms with Gasteiger partial charge in [-0.2, -0.15) is 13.2 Å². The maximum absolute atomic E-state index is 11.9. The van der Waals surface area contributed by atoms with Crippen LogP contribution in [0.5, 0.6) is 5.88 Å². The molecule has 0 aliphatic heterocycles. The predicted octanol–water partition coefficient (Wildman–Crippen LogP) is 2.80. The van der Waals surface area contributed by atoms with Gasteiger partial charge in [0, 0.05) is 12.6 Å². The Hall–Kier alpha value is -1.99. The molecule has 5 nitrogen and oxygen atoms in total. The zero-order valence-corrected chi connectivity index (χ0v) is 11.1. The Morgan fingerprint density at radius 1 is 1.40 bits per heavy atom. The largest absolute Gasteiger partial charge is 0.468 e. The molecule has 8 heteroatoms. The number of carbonyl (C=O) groups excluding carboxylic acids is 1. The van der Waals surface area contributed by atoms with E-state index < -0.39 is 18.8 Å². The molecule has 0 spiro atoms. The monoisotopic (exact) mass is 291 g/mol. The van der Waals surface area contributed by atoms with E-state index in [1.165, 1.54) is 18.3 Å². The molecule has 0 unspecified atom stereocenters. The van der Waals surface area contributed by atoms with Crippen LogP contribution in [-0.2, 0) is 0 Å². The lowest BCUT2D eigenvalue weighted by Crippen LogP contribution is -2.31. The zero-order chi connectivity index (χ0) is 15.2. The lowest BCUT2D eigenvalue weighted by atomic mass is 10.2. The van der Waals surface area contributed by atoms with Gasteiger partial charge in [-0.1, -0.05) is 13.8 Å². The summed E-state index contributed by atoms with van der Waals surface area (Å²) in [5.41, 5.74) is 0.366. The zero-order valence-electron chi connectivity index (χ0n) is 11.1. The Morgan fingerprint density at radius 2 is 2.10 bits per heavy atom. The van der Waals surface area contributed by atoms with Crippen LogP contribution >= 0.6 is 0 Å². The normalized spacial score (nSPS) is 11.3. The average Bonchev–Trinajstić information content (AvgIpc) is 2.34. The van der Waals surface area contributed by atoms with Crippen molar-refractivity contribution >= 4 is 11.7 Å². The van der Waals surface area contributed by atoms with E-state index in [-0.39, 0.29) is 5.88 Å². The summed E-state index contributed by atoms with van der Waals surface area (Å²) in [7, 11) is 0. The van der Waals surface area contributed by atoms with Gasteiger partial charge in [-0.15, -0.1) is 0 Å². The fourth-order valence-corrected chi connectivity index (χ4v) is 1.17. The van der Waals surface area contributed by atoms with Crippen molar-refractivity contribution in [1.82, 2.24) is 10.3 Å². The Bertz CT molecular complexity index is 433. The highest BCUT2D eigenvalue weighted by molar-refractivity contribution is 5.88. The van der Waals surface area contributed by atoms with E-state index in [1.54, 1.807) is 0 Å². The number of hydrogen-bond donors (Lipinski definition) is 2. The van der Waals surface area contributed by atoms with Crippen molar-refractivity contribution in [3.8, 4) is 5.88 Å². The number of urea groups is 1. The molecule has 0 radical (unpaired) electrons. The maximum Gasteiger partial charge on any atom is 0.422 e. The summed E-state index contributed by atoms with van der Waals surface area (Å²) in [6.07, 6.45) is -3.18. The van der Waals surface area contributed by atoms with Crippen LogP contribution in [0, 0.1) is 5.92 Å². The maximum atomic E-state index is 11.9. The molecule has 0 aromatic carbocycles. The molecule has 2 amide bonds. The Labute approximate surface area is 114 Å². The van der Waals surface area contributed by atoms with Crippen LogP contribution in [0.15, 0.2) is 18.3 Å². The summed E-state index contributed by atoms with van der Waals surface area (Å²) in [6.45, 7) is 3.02. The van der Waals surface area contributed by atoms with E-state index in [4.69, 9.17) is 0 Å². The van der Waals surface area contributed by atoms with Crippen molar-refractivity contribution in [3.63, 3.8) is 0 Å². The van der Waals surface area contributed by atoms with Crippen molar-refractivity contribution in [2.24, 2.45) is 5.92 Å². The van der Waals surface area contributed by atoms with Crippen LogP contribution in [-0.4, -0.2) is 30.3 Å². The van der Waals surface area contributed by atoms with Crippen LogP contribution in [0.25, 0.3) is 0 Å². The molecule has 112 valence electrons. The molecule has 0 bridgehead atoms. The lowest BCUT2D eigenvalue weighted by Gasteiger charge is -2.10. The van der Waals surface area contributed by atoms with Gasteiger partial charge in [-0.25, -0.2) is 9.78 Å². The first-order chi connectivity index (χ1) is 9.26. The van der Waals surface area contributed by atoms with Gasteiger partial charge in [0.15, 0.2) is 6.61 Å². The second kappa shape index (κ2) is 6.97. The number of hydrogen-bond acceptors (Lipinski definition) is 3. The van der Waals surface area contributed by atoms with Gasteiger partial charge >= 0.3 is 12.2 Å². The molecule has 0 saturated heterocycles. The van der Waals surface area contributed by atoms with Gasteiger partial charge in [0.25, 0.3) is 0 Å². The Morgan fingerprint density at radius 3 is 2.60 bits per heavy atom.